The molecule has 10 heteroatoms. The Hall–Kier alpha value is -2.27. The lowest BCUT2D eigenvalue weighted by atomic mass is 9.90. The fraction of sp³-hybridized carbons (Fsp3) is 0.455. The number of urea groups is 1. The number of nitrogens with one attached hydrogen (secondary N) is 1. The van der Waals surface area contributed by atoms with Gasteiger partial charge in [-0.1, -0.05) is 24.3 Å². The van der Waals surface area contributed by atoms with E-state index in [1.807, 2.05) is 11.0 Å². The molecular formula is C22H26N4O4S2. The maximum absolute atomic E-state index is 13.3. The maximum atomic E-state index is 13.3. The fourth-order valence-electron chi connectivity index (χ4n) is 4.75. The van der Waals surface area contributed by atoms with Gasteiger partial charge in [-0.2, -0.15) is 4.31 Å². The van der Waals surface area contributed by atoms with Gasteiger partial charge in [-0.25, -0.2) is 18.1 Å². The van der Waals surface area contributed by atoms with E-state index >= 15 is 0 Å². The molecule has 2 saturated heterocycles. The Bertz CT molecular complexity index is 1160. The van der Waals surface area contributed by atoms with Crippen molar-refractivity contribution < 1.29 is 18.0 Å². The monoisotopic (exact) mass is 474 g/mol. The van der Waals surface area contributed by atoms with Crippen LogP contribution in [0.15, 0.2) is 39.9 Å². The Balaban J connectivity index is 1.26. The minimum atomic E-state index is -3.49. The predicted octanol–water partition coefficient (Wildman–Crippen LogP) is 1.97. The highest BCUT2D eigenvalue weighted by molar-refractivity contribution is 7.91. The average Bonchev–Trinajstić information content (AvgIpc) is 3.52. The molecule has 1 N–H and O–H groups in total. The first-order valence-electron chi connectivity index (χ1n) is 10.8. The van der Waals surface area contributed by atoms with Crippen LogP contribution in [0.4, 0.5) is 4.79 Å². The van der Waals surface area contributed by atoms with Crippen LogP contribution in [-0.2, 0) is 33.2 Å². The number of benzene rings is 1. The van der Waals surface area contributed by atoms with Crippen LogP contribution in [0.25, 0.3) is 0 Å². The van der Waals surface area contributed by atoms with Gasteiger partial charge in [-0.15, -0.1) is 11.3 Å². The molecule has 3 heterocycles. The van der Waals surface area contributed by atoms with Crippen molar-refractivity contribution in [1.29, 1.82) is 0 Å². The third-order valence-electron chi connectivity index (χ3n) is 6.71. The van der Waals surface area contributed by atoms with Crippen LogP contribution in [0.2, 0.25) is 0 Å². The lowest BCUT2D eigenvalue weighted by Gasteiger charge is -2.35. The van der Waals surface area contributed by atoms with Gasteiger partial charge in [-0.3, -0.25) is 9.69 Å². The number of aryl methyl sites for hydroxylation is 2. The van der Waals surface area contributed by atoms with Gasteiger partial charge < -0.3 is 5.32 Å². The van der Waals surface area contributed by atoms with Crippen LogP contribution in [-0.4, -0.2) is 67.3 Å². The highest BCUT2D eigenvalue weighted by Gasteiger charge is 2.49. The number of carbonyl (C=O) groups excluding carboxylic acids is 2. The van der Waals surface area contributed by atoms with Gasteiger partial charge in [-0.05, 0) is 54.3 Å². The van der Waals surface area contributed by atoms with Crippen molar-refractivity contribution in [2.45, 2.75) is 35.9 Å². The normalized spacial score (nSPS) is 24.7. The van der Waals surface area contributed by atoms with E-state index in [1.54, 1.807) is 24.4 Å². The van der Waals surface area contributed by atoms with E-state index in [1.165, 1.54) is 31.7 Å². The van der Waals surface area contributed by atoms with Gasteiger partial charge in [0.1, 0.15) is 9.75 Å². The van der Waals surface area contributed by atoms with E-state index in [0.29, 0.717) is 30.4 Å². The summed E-state index contributed by atoms with van der Waals surface area (Å²) in [5, 5.41) is 4.63. The molecule has 2 aromatic rings. The molecule has 0 saturated carbocycles. The van der Waals surface area contributed by atoms with E-state index < -0.39 is 21.6 Å². The highest BCUT2D eigenvalue weighted by Crippen LogP contribution is 2.33. The van der Waals surface area contributed by atoms with Crippen molar-refractivity contribution in [2.75, 3.05) is 32.8 Å². The fourth-order valence-corrected chi connectivity index (χ4v) is 7.32. The van der Waals surface area contributed by atoms with Crippen LogP contribution in [0.5, 0.6) is 0 Å². The summed E-state index contributed by atoms with van der Waals surface area (Å²) in [4.78, 5) is 29.2. The molecule has 170 valence electrons. The van der Waals surface area contributed by atoms with Crippen LogP contribution in [0, 0.1) is 0 Å². The number of rotatable bonds is 5. The van der Waals surface area contributed by atoms with Crippen molar-refractivity contribution in [3.05, 3.63) is 52.4 Å². The first kappa shape index (κ1) is 21.6. The van der Waals surface area contributed by atoms with Gasteiger partial charge in [0.2, 0.25) is 0 Å². The second kappa shape index (κ2) is 7.95. The molecule has 8 nitrogen and oxygen atoms in total. The van der Waals surface area contributed by atoms with Crippen LogP contribution in [0.3, 0.4) is 0 Å². The Morgan fingerprint density at radius 3 is 2.53 bits per heavy atom. The number of hydrogen-bond donors (Lipinski definition) is 1. The van der Waals surface area contributed by atoms with Crippen molar-refractivity contribution in [1.82, 2.24) is 19.4 Å². The van der Waals surface area contributed by atoms with Crippen molar-refractivity contribution in [3.63, 3.8) is 0 Å². The molecule has 5 rings (SSSR count). The number of nitrogens with zero attached hydrogens (tertiary/aromatic N) is 3. The molecule has 1 aromatic heterocycles. The molecule has 1 aromatic carbocycles. The second-order valence-corrected chi connectivity index (χ2v) is 11.8. The SMILES string of the molecule is C[C@@]1(c2ccc3c(c2)CCC3)NC(=O)N(CN2CCN(S(=O)(=O)c3cccs3)CC2)C1=O. The summed E-state index contributed by atoms with van der Waals surface area (Å²) in [6.45, 7) is 3.47. The van der Waals surface area contributed by atoms with Gasteiger partial charge in [0.05, 0.1) is 6.67 Å². The number of imide groups is 1. The summed E-state index contributed by atoms with van der Waals surface area (Å²) in [6.07, 6.45) is 3.19. The van der Waals surface area contributed by atoms with Crippen molar-refractivity contribution in [2.24, 2.45) is 0 Å². The standard InChI is InChI=1S/C22H26N4O4S2/c1-22(18-8-7-16-4-2-5-17(16)14-18)20(27)26(21(28)23-22)15-24-9-11-25(12-10-24)32(29,30)19-6-3-13-31-19/h3,6-8,13-14H,2,4-5,9-12,15H2,1H3,(H,23,28)/t22-/m0/s1. The zero-order valence-corrected chi connectivity index (χ0v) is 19.5. The molecule has 2 fully saturated rings. The zero-order chi connectivity index (χ0) is 22.5. The third-order valence-corrected chi connectivity index (χ3v) is 9.98. The van der Waals surface area contributed by atoms with Gasteiger partial charge in [0.25, 0.3) is 15.9 Å². The quantitative estimate of drug-likeness (QED) is 0.670. The molecule has 1 atom stereocenters. The summed E-state index contributed by atoms with van der Waals surface area (Å²) >= 11 is 1.21. The topological polar surface area (TPSA) is 90.0 Å². The Kier molecular flexibility index (Phi) is 5.36. The molecule has 2 aliphatic heterocycles. The lowest BCUT2D eigenvalue weighted by Crippen LogP contribution is -2.52. The molecule has 3 amide bonds. The maximum Gasteiger partial charge on any atom is 0.326 e. The van der Waals surface area contributed by atoms with E-state index in [0.717, 1.165) is 24.8 Å². The number of piperazine rings is 1. The van der Waals surface area contributed by atoms with Crippen LogP contribution in [0.1, 0.15) is 30.0 Å². The largest absolute Gasteiger partial charge is 0.326 e. The number of carbonyl (C=O) groups is 2. The average molecular weight is 475 g/mol. The smallest absolute Gasteiger partial charge is 0.319 e. The van der Waals surface area contributed by atoms with Crippen LogP contribution < -0.4 is 5.32 Å². The van der Waals surface area contributed by atoms with Gasteiger partial charge in [0, 0.05) is 26.2 Å². The molecule has 0 unspecified atom stereocenters. The van der Waals surface area contributed by atoms with E-state index in [4.69, 9.17) is 0 Å². The predicted molar refractivity (Wildman–Crippen MR) is 121 cm³/mol. The third kappa shape index (κ3) is 3.55. The molecule has 0 bridgehead atoms. The Morgan fingerprint density at radius 2 is 1.81 bits per heavy atom. The molecule has 1 aliphatic carbocycles. The molecule has 3 aliphatic rings. The molecular weight excluding hydrogens is 448 g/mol. The number of sulfonamides is 1. The first-order valence-corrected chi connectivity index (χ1v) is 13.1. The van der Waals surface area contributed by atoms with Gasteiger partial charge >= 0.3 is 6.03 Å². The number of amides is 3. The summed E-state index contributed by atoms with van der Waals surface area (Å²) in [7, 11) is -3.49. The molecule has 0 spiro atoms. The number of fused-ring (bicyclic) bond motifs is 1. The first-order chi connectivity index (χ1) is 15.3. The number of hydrogen-bond acceptors (Lipinski definition) is 6. The molecule has 32 heavy (non-hydrogen) atoms. The number of thiophene rings is 1. The molecule has 0 radical (unpaired) electrons. The Labute approximate surface area is 191 Å². The van der Waals surface area contributed by atoms with E-state index in [9.17, 15) is 18.0 Å². The summed E-state index contributed by atoms with van der Waals surface area (Å²) in [5.41, 5.74) is 2.30. The zero-order valence-electron chi connectivity index (χ0n) is 17.9. The summed E-state index contributed by atoms with van der Waals surface area (Å²) in [5.74, 6) is -0.269. The lowest BCUT2D eigenvalue weighted by molar-refractivity contribution is -0.132. The summed E-state index contributed by atoms with van der Waals surface area (Å²) in [6, 6.07) is 8.99. The van der Waals surface area contributed by atoms with E-state index in [-0.39, 0.29) is 12.6 Å². The summed E-state index contributed by atoms with van der Waals surface area (Å²) < 4.78 is 27.2. The Morgan fingerprint density at radius 1 is 1.06 bits per heavy atom. The van der Waals surface area contributed by atoms with E-state index in [2.05, 4.69) is 17.4 Å². The highest BCUT2D eigenvalue weighted by atomic mass is 32.2. The van der Waals surface area contributed by atoms with Gasteiger partial charge in [0.15, 0.2) is 0 Å². The van der Waals surface area contributed by atoms with Crippen LogP contribution >= 0.6 is 11.3 Å². The minimum Gasteiger partial charge on any atom is -0.319 e. The van der Waals surface area contributed by atoms with Crippen molar-refractivity contribution >= 4 is 33.3 Å². The van der Waals surface area contributed by atoms with Crippen molar-refractivity contribution in [3.8, 4) is 0 Å². The second-order valence-electron chi connectivity index (χ2n) is 8.72. The minimum absolute atomic E-state index is 0.151.